The van der Waals surface area contributed by atoms with Crippen LogP contribution in [0.2, 0.25) is 0 Å². The molecule has 0 unspecified atom stereocenters. The summed E-state index contributed by atoms with van der Waals surface area (Å²) in [5.74, 6) is -7.91. The average molecular weight is 899 g/mol. The van der Waals surface area contributed by atoms with E-state index in [1.807, 2.05) is 13.8 Å². The van der Waals surface area contributed by atoms with Crippen molar-refractivity contribution in [3.05, 3.63) is 88.5 Å². The molecule has 0 amide bonds. The summed E-state index contributed by atoms with van der Waals surface area (Å²) < 4.78 is 75.8. The first-order valence-corrected chi connectivity index (χ1v) is 22.9. The van der Waals surface area contributed by atoms with Crippen molar-refractivity contribution in [2.24, 2.45) is 23.7 Å². The summed E-state index contributed by atoms with van der Waals surface area (Å²) in [7, 11) is 0. The Labute approximate surface area is 371 Å². The first kappa shape index (κ1) is 56.6. The molecule has 5 N–H and O–H groups in total. The molecule has 2 aliphatic rings. The highest BCUT2D eigenvalue weighted by Gasteiger charge is 2.26. The number of aryl methyl sites for hydroxylation is 2. The van der Waals surface area contributed by atoms with Gasteiger partial charge in [-0.3, -0.25) is 9.59 Å². The standard InChI is InChI=1S/2C12H22O2.C11H14F2O.C9H10F2O.C6H4F2O/c2*1-2-3-4-5-10-6-8-11(9-7-10)12(13)14;1-2-3-4-5-8-6-7-9(14)11(13)10(8)12;1-2-3-6-4-5-7(12)9(11)8(6)10;7-4-2-1-3-5(9)6(4)8/h2*10-11H,2-9H2,1H3,(H,13,14);6-7,14H,2-5H2,1H3;4-5,12H,2-3H2,1H3;1-3,9H/t2*10-,11-;;;. The minimum atomic E-state index is -1.20. The lowest BCUT2D eigenvalue weighted by molar-refractivity contribution is -0.144. The van der Waals surface area contributed by atoms with Gasteiger partial charge in [-0.05, 0) is 118 Å². The van der Waals surface area contributed by atoms with E-state index in [0.29, 0.717) is 24.0 Å². The van der Waals surface area contributed by atoms with Crippen LogP contribution in [-0.2, 0) is 22.4 Å². The van der Waals surface area contributed by atoms with Crippen molar-refractivity contribution < 1.29 is 61.5 Å². The van der Waals surface area contributed by atoms with Crippen molar-refractivity contribution in [2.45, 2.75) is 169 Å². The van der Waals surface area contributed by atoms with Crippen LogP contribution < -0.4 is 0 Å². The minimum absolute atomic E-state index is 0.0441. The Morgan fingerprint density at radius 3 is 1.19 bits per heavy atom. The molecule has 13 heteroatoms. The predicted molar refractivity (Wildman–Crippen MR) is 236 cm³/mol. The normalized spacial score (nSPS) is 17.9. The average Bonchev–Trinajstić information content (AvgIpc) is 3.27. The van der Waals surface area contributed by atoms with E-state index in [9.17, 15) is 35.9 Å². The number of aliphatic carboxylic acids is 2. The van der Waals surface area contributed by atoms with Gasteiger partial charge in [0.2, 0.25) is 11.6 Å². The molecule has 2 aliphatic carbocycles. The number of hydrogen-bond donors (Lipinski definition) is 5. The Morgan fingerprint density at radius 1 is 0.460 bits per heavy atom. The van der Waals surface area contributed by atoms with Crippen LogP contribution >= 0.6 is 0 Å². The molecule has 3 aromatic rings. The molecule has 7 nitrogen and oxygen atoms in total. The van der Waals surface area contributed by atoms with E-state index in [0.717, 1.165) is 101 Å². The minimum Gasteiger partial charge on any atom is -0.505 e. The number of halogens is 6. The third-order valence-electron chi connectivity index (χ3n) is 11.6. The van der Waals surface area contributed by atoms with Gasteiger partial charge in [0.05, 0.1) is 11.8 Å². The summed E-state index contributed by atoms with van der Waals surface area (Å²) >= 11 is 0. The van der Waals surface area contributed by atoms with Gasteiger partial charge in [0.25, 0.3) is 0 Å². The fourth-order valence-corrected chi connectivity index (χ4v) is 7.63. The fourth-order valence-electron chi connectivity index (χ4n) is 7.63. The smallest absolute Gasteiger partial charge is 0.306 e. The maximum Gasteiger partial charge on any atom is 0.306 e. The lowest BCUT2D eigenvalue weighted by atomic mass is 9.80. The number of phenolic OH excluding ortho intramolecular Hbond substituents is 3. The Balaban J connectivity index is 0.000000397. The maximum absolute atomic E-state index is 13.2. The third kappa shape index (κ3) is 22.2. The molecule has 0 atom stereocenters. The molecular formula is C50H72F6O7. The Bertz CT molecular complexity index is 1680. The molecule has 0 aromatic heterocycles. The van der Waals surface area contributed by atoms with Gasteiger partial charge in [0.1, 0.15) is 0 Å². The third-order valence-corrected chi connectivity index (χ3v) is 11.6. The first-order valence-electron chi connectivity index (χ1n) is 22.9. The molecule has 63 heavy (non-hydrogen) atoms. The summed E-state index contributed by atoms with van der Waals surface area (Å²) in [6.07, 6.45) is 23.4. The molecule has 356 valence electrons. The summed E-state index contributed by atoms with van der Waals surface area (Å²) in [6.45, 7) is 8.38. The Hall–Kier alpha value is -4.42. The molecule has 0 saturated heterocycles. The molecule has 2 saturated carbocycles. The number of carbonyl (C=O) groups is 2. The van der Waals surface area contributed by atoms with Crippen LogP contribution in [0.3, 0.4) is 0 Å². The van der Waals surface area contributed by atoms with Gasteiger partial charge < -0.3 is 25.5 Å². The summed E-state index contributed by atoms with van der Waals surface area (Å²) in [5, 5.41) is 43.8. The molecule has 5 rings (SSSR count). The second-order valence-corrected chi connectivity index (χ2v) is 16.6. The molecule has 2 fully saturated rings. The van der Waals surface area contributed by atoms with Crippen molar-refractivity contribution >= 4 is 11.9 Å². The van der Waals surface area contributed by atoms with Crippen LogP contribution in [0.4, 0.5) is 26.3 Å². The second-order valence-electron chi connectivity index (χ2n) is 16.6. The molecular weight excluding hydrogens is 827 g/mol. The van der Waals surface area contributed by atoms with Gasteiger partial charge in [-0.25, -0.2) is 13.2 Å². The van der Waals surface area contributed by atoms with Crippen molar-refractivity contribution in [1.29, 1.82) is 0 Å². The zero-order chi connectivity index (χ0) is 47.3. The van der Waals surface area contributed by atoms with E-state index in [2.05, 4.69) is 13.8 Å². The molecule has 0 bridgehead atoms. The van der Waals surface area contributed by atoms with Crippen LogP contribution in [0, 0.1) is 58.6 Å². The maximum atomic E-state index is 13.2. The topological polar surface area (TPSA) is 135 Å². The monoisotopic (exact) mass is 899 g/mol. The van der Waals surface area contributed by atoms with Crippen LogP contribution in [0.25, 0.3) is 0 Å². The van der Waals surface area contributed by atoms with Gasteiger partial charge >= 0.3 is 11.9 Å². The van der Waals surface area contributed by atoms with E-state index in [4.69, 9.17) is 25.5 Å². The van der Waals surface area contributed by atoms with Gasteiger partial charge in [-0.15, -0.1) is 0 Å². The number of unbranched alkanes of at least 4 members (excludes halogenated alkanes) is 6. The molecule has 0 radical (unpaired) electrons. The van der Waals surface area contributed by atoms with Crippen molar-refractivity contribution in [3.63, 3.8) is 0 Å². The van der Waals surface area contributed by atoms with Crippen molar-refractivity contribution in [1.82, 2.24) is 0 Å². The Kier molecular flexibility index (Phi) is 29.0. The number of rotatable bonds is 16. The lowest BCUT2D eigenvalue weighted by Crippen LogP contribution is -2.21. The highest BCUT2D eigenvalue weighted by atomic mass is 19.2. The summed E-state index contributed by atoms with van der Waals surface area (Å²) in [5.41, 5.74) is 0.654. The zero-order valence-electron chi connectivity index (χ0n) is 37.7. The molecule has 3 aromatic carbocycles. The van der Waals surface area contributed by atoms with Crippen LogP contribution in [0.5, 0.6) is 17.2 Å². The number of benzene rings is 3. The van der Waals surface area contributed by atoms with E-state index < -0.39 is 64.1 Å². The van der Waals surface area contributed by atoms with E-state index >= 15 is 0 Å². The zero-order valence-corrected chi connectivity index (χ0v) is 37.7. The SMILES string of the molecule is CCCCC[C@H]1CC[C@H](C(=O)O)CC1.CCCCC[C@H]1CC[C@H](C(=O)O)CC1.CCCCCc1ccc(O)c(F)c1F.CCCc1ccc(O)c(F)c1F.Oc1cccc(F)c1F. The van der Waals surface area contributed by atoms with Gasteiger partial charge in [-0.1, -0.05) is 117 Å². The quantitative estimate of drug-likeness (QED) is 0.0714. The van der Waals surface area contributed by atoms with Gasteiger partial charge in [0, 0.05) is 0 Å². The molecule has 0 aliphatic heterocycles. The van der Waals surface area contributed by atoms with Gasteiger partial charge in [0.15, 0.2) is 40.5 Å². The predicted octanol–water partition coefficient (Wildman–Crippen LogP) is 14.6. The summed E-state index contributed by atoms with van der Waals surface area (Å²) in [6, 6.07) is 8.45. The second kappa shape index (κ2) is 32.3. The molecule has 0 spiro atoms. The number of hydrogen-bond acceptors (Lipinski definition) is 5. The van der Waals surface area contributed by atoms with Crippen LogP contribution in [-0.4, -0.2) is 37.5 Å². The highest BCUT2D eigenvalue weighted by molar-refractivity contribution is 5.70. The largest absolute Gasteiger partial charge is 0.505 e. The van der Waals surface area contributed by atoms with Crippen molar-refractivity contribution in [3.8, 4) is 17.2 Å². The summed E-state index contributed by atoms with van der Waals surface area (Å²) in [4.78, 5) is 21.4. The number of phenols is 3. The first-order chi connectivity index (χ1) is 30.0. The van der Waals surface area contributed by atoms with Gasteiger partial charge in [-0.2, -0.15) is 13.2 Å². The van der Waals surface area contributed by atoms with Crippen LogP contribution in [0.15, 0.2) is 42.5 Å². The van der Waals surface area contributed by atoms with Crippen molar-refractivity contribution in [2.75, 3.05) is 0 Å². The van der Waals surface area contributed by atoms with Crippen LogP contribution in [0.1, 0.15) is 167 Å². The van der Waals surface area contributed by atoms with E-state index in [1.165, 1.54) is 81.7 Å². The Morgan fingerprint density at radius 2 is 0.841 bits per heavy atom. The molecule has 0 heterocycles. The number of carboxylic acids is 2. The number of carboxylic acid groups (broad SMARTS) is 2. The fraction of sp³-hybridized carbons (Fsp3) is 0.600. The number of aromatic hydroxyl groups is 3. The lowest BCUT2D eigenvalue weighted by Gasteiger charge is -2.25. The van der Waals surface area contributed by atoms with E-state index in [-0.39, 0.29) is 11.8 Å². The highest BCUT2D eigenvalue weighted by Crippen LogP contribution is 2.33. The van der Waals surface area contributed by atoms with E-state index in [1.54, 1.807) is 0 Å².